The van der Waals surface area contributed by atoms with E-state index in [2.05, 4.69) is 0 Å². The lowest BCUT2D eigenvalue weighted by Crippen LogP contribution is -3.09. The van der Waals surface area contributed by atoms with Crippen LogP contribution in [0.1, 0.15) is 0 Å². The number of hydrogen-bond donors (Lipinski definition) is 1. The fourth-order valence-electron chi connectivity index (χ4n) is 0.967. The quantitative estimate of drug-likeness (QED) is 0.400. The molecule has 0 radical (unpaired) electrons. The van der Waals surface area contributed by atoms with Crippen LogP contribution in [-0.2, 0) is 4.74 Å². The van der Waals surface area contributed by atoms with Gasteiger partial charge in [0.1, 0.15) is 13.1 Å². The Morgan fingerprint density at radius 2 is 2.09 bits per heavy atom. The van der Waals surface area contributed by atoms with Crippen LogP contribution in [0.3, 0.4) is 0 Å². The number of nitro groups is 1. The Bertz CT molecular complexity index is 163. The van der Waals surface area contributed by atoms with Crippen molar-refractivity contribution in [2.24, 2.45) is 0 Å². The van der Waals surface area contributed by atoms with Gasteiger partial charge in [0.2, 0.25) is 0 Å². The lowest BCUT2D eigenvalue weighted by Gasteiger charge is -2.18. The highest BCUT2D eigenvalue weighted by molar-refractivity contribution is 4.58. The molecular formula is C6H11N2O3+. The molecule has 1 aliphatic heterocycles. The highest BCUT2D eigenvalue weighted by Gasteiger charge is 2.11. The van der Waals surface area contributed by atoms with Gasteiger partial charge in [-0.2, -0.15) is 0 Å². The molecule has 62 valence electrons. The molecule has 0 aromatic heterocycles. The van der Waals surface area contributed by atoms with E-state index >= 15 is 0 Å². The van der Waals surface area contributed by atoms with Gasteiger partial charge in [0.05, 0.1) is 18.1 Å². The van der Waals surface area contributed by atoms with Crippen molar-refractivity contribution in [3.05, 3.63) is 22.5 Å². The van der Waals surface area contributed by atoms with Crippen LogP contribution in [-0.4, -0.2) is 31.2 Å². The Hall–Kier alpha value is -0.940. The van der Waals surface area contributed by atoms with Gasteiger partial charge in [0.15, 0.2) is 6.20 Å². The molecular weight excluding hydrogens is 148 g/mol. The molecule has 1 fully saturated rings. The predicted molar refractivity (Wildman–Crippen MR) is 37.7 cm³/mol. The number of ether oxygens (including phenoxy) is 1. The molecule has 0 spiro atoms. The summed E-state index contributed by atoms with van der Waals surface area (Å²) in [5.74, 6) is 0. The summed E-state index contributed by atoms with van der Waals surface area (Å²) in [6.45, 7) is 3.03. The smallest absolute Gasteiger partial charge is 0.286 e. The van der Waals surface area contributed by atoms with Crippen molar-refractivity contribution in [3.63, 3.8) is 0 Å². The third-order valence-electron chi connectivity index (χ3n) is 1.57. The minimum Gasteiger partial charge on any atom is -0.370 e. The lowest BCUT2D eigenvalue weighted by molar-refractivity contribution is -0.857. The average molecular weight is 159 g/mol. The minimum absolute atomic E-state index is 0.442. The molecule has 1 rings (SSSR count). The molecule has 0 aromatic carbocycles. The molecule has 1 aliphatic rings. The van der Waals surface area contributed by atoms with E-state index in [1.807, 2.05) is 0 Å². The highest BCUT2D eigenvalue weighted by Crippen LogP contribution is 1.75. The maximum Gasteiger partial charge on any atom is 0.286 e. The van der Waals surface area contributed by atoms with Crippen LogP contribution in [0.25, 0.3) is 0 Å². The van der Waals surface area contributed by atoms with Crippen molar-refractivity contribution < 1.29 is 14.6 Å². The second-order valence-electron chi connectivity index (χ2n) is 2.37. The summed E-state index contributed by atoms with van der Waals surface area (Å²) in [5, 5.41) is 9.92. The van der Waals surface area contributed by atoms with Crippen LogP contribution in [0, 0.1) is 10.1 Å². The van der Waals surface area contributed by atoms with Crippen molar-refractivity contribution in [2.45, 2.75) is 0 Å². The van der Waals surface area contributed by atoms with Gasteiger partial charge in [0.25, 0.3) is 6.20 Å². The Morgan fingerprint density at radius 1 is 1.45 bits per heavy atom. The van der Waals surface area contributed by atoms with Crippen LogP contribution in [0.5, 0.6) is 0 Å². The van der Waals surface area contributed by atoms with E-state index in [0.717, 1.165) is 24.2 Å². The monoisotopic (exact) mass is 159 g/mol. The van der Waals surface area contributed by atoms with Crippen molar-refractivity contribution in [1.29, 1.82) is 0 Å². The van der Waals surface area contributed by atoms with Gasteiger partial charge < -0.3 is 4.74 Å². The molecule has 0 unspecified atom stereocenters. The molecule has 5 nitrogen and oxygen atoms in total. The maximum atomic E-state index is 9.92. The molecule has 1 saturated heterocycles. The van der Waals surface area contributed by atoms with Gasteiger partial charge >= 0.3 is 0 Å². The van der Waals surface area contributed by atoms with Crippen molar-refractivity contribution >= 4 is 0 Å². The van der Waals surface area contributed by atoms with Gasteiger partial charge in [-0.1, -0.05) is 0 Å². The first-order chi connectivity index (χ1) is 5.29. The third kappa shape index (κ3) is 3.10. The lowest BCUT2D eigenvalue weighted by atomic mass is 10.4. The molecule has 5 heteroatoms. The van der Waals surface area contributed by atoms with Gasteiger partial charge in [-0.05, 0) is 0 Å². The highest BCUT2D eigenvalue weighted by atomic mass is 16.6. The number of hydrogen-bond acceptors (Lipinski definition) is 3. The number of nitrogens with one attached hydrogen (secondary N) is 1. The van der Waals surface area contributed by atoms with E-state index in [4.69, 9.17) is 4.74 Å². The first kappa shape index (κ1) is 8.16. The normalized spacial score (nSPS) is 20.7. The van der Waals surface area contributed by atoms with Gasteiger partial charge in [-0.3, -0.25) is 15.0 Å². The Morgan fingerprint density at radius 3 is 2.64 bits per heavy atom. The first-order valence-corrected chi connectivity index (χ1v) is 3.53. The van der Waals surface area contributed by atoms with Crippen molar-refractivity contribution in [3.8, 4) is 0 Å². The van der Waals surface area contributed by atoms with E-state index in [-0.39, 0.29) is 0 Å². The number of morpholine rings is 1. The van der Waals surface area contributed by atoms with Gasteiger partial charge in [-0.25, -0.2) is 0 Å². The second kappa shape index (κ2) is 4.05. The first-order valence-electron chi connectivity index (χ1n) is 3.53. The van der Waals surface area contributed by atoms with Gasteiger partial charge in [-0.15, -0.1) is 0 Å². The van der Waals surface area contributed by atoms with E-state index in [9.17, 15) is 10.1 Å². The number of rotatable bonds is 2. The maximum absolute atomic E-state index is 9.92. The average Bonchev–Trinajstić information content (AvgIpc) is 2.03. The number of quaternary nitrogens is 1. The summed E-state index contributed by atoms with van der Waals surface area (Å²) in [7, 11) is 0. The Balaban J connectivity index is 2.29. The predicted octanol–water partition coefficient (Wildman–Crippen LogP) is -1.35. The molecule has 0 amide bonds. The number of nitrogens with zero attached hydrogens (tertiary/aromatic N) is 1. The zero-order chi connectivity index (χ0) is 8.10. The van der Waals surface area contributed by atoms with E-state index in [1.54, 1.807) is 6.20 Å². The largest absolute Gasteiger partial charge is 0.370 e. The molecule has 0 atom stereocenters. The van der Waals surface area contributed by atoms with E-state index < -0.39 is 4.92 Å². The Labute approximate surface area is 64.4 Å². The molecule has 0 bridgehead atoms. The fourth-order valence-corrected chi connectivity index (χ4v) is 0.967. The Kier molecular flexibility index (Phi) is 3.00. The summed E-state index contributed by atoms with van der Waals surface area (Å²) in [6, 6.07) is 0. The minimum atomic E-state index is -0.442. The van der Waals surface area contributed by atoms with E-state index in [0.29, 0.717) is 13.2 Å². The van der Waals surface area contributed by atoms with Crippen LogP contribution in [0.15, 0.2) is 12.4 Å². The zero-order valence-electron chi connectivity index (χ0n) is 6.16. The summed E-state index contributed by atoms with van der Waals surface area (Å²) < 4.78 is 5.08. The summed E-state index contributed by atoms with van der Waals surface area (Å²) >= 11 is 0. The molecule has 0 saturated carbocycles. The molecule has 1 N–H and O–H groups in total. The third-order valence-corrected chi connectivity index (χ3v) is 1.57. The summed E-state index contributed by atoms with van der Waals surface area (Å²) in [4.78, 5) is 10.6. The standard InChI is InChI=1S/C6H10N2O3/c9-8(10)2-1-7-3-5-11-6-4-7/h1-2H,3-6H2/p+1/b2-1+. The molecule has 0 aliphatic carbocycles. The topological polar surface area (TPSA) is 56.8 Å². The van der Waals surface area contributed by atoms with Crippen molar-refractivity contribution in [2.75, 3.05) is 26.3 Å². The molecule has 11 heavy (non-hydrogen) atoms. The van der Waals surface area contributed by atoms with Crippen LogP contribution < -0.4 is 4.90 Å². The molecule has 0 aromatic rings. The second-order valence-corrected chi connectivity index (χ2v) is 2.37. The molecule has 1 heterocycles. The van der Waals surface area contributed by atoms with Crippen LogP contribution in [0.4, 0.5) is 0 Å². The van der Waals surface area contributed by atoms with Crippen LogP contribution >= 0.6 is 0 Å². The fraction of sp³-hybridized carbons (Fsp3) is 0.667. The SMILES string of the molecule is O=[N+]([O-])/C=C/[NH+]1CCOCC1. The van der Waals surface area contributed by atoms with Crippen LogP contribution in [0.2, 0.25) is 0 Å². The van der Waals surface area contributed by atoms with Crippen molar-refractivity contribution in [1.82, 2.24) is 0 Å². The van der Waals surface area contributed by atoms with E-state index in [1.165, 1.54) is 0 Å². The summed E-state index contributed by atoms with van der Waals surface area (Å²) in [5.41, 5.74) is 0. The summed E-state index contributed by atoms with van der Waals surface area (Å²) in [6.07, 6.45) is 2.56. The van der Waals surface area contributed by atoms with Gasteiger partial charge in [0, 0.05) is 0 Å². The zero-order valence-corrected chi connectivity index (χ0v) is 6.16.